The van der Waals surface area contributed by atoms with Crippen molar-refractivity contribution in [3.05, 3.63) is 58.6 Å². The number of benzene rings is 2. The maximum Gasteiger partial charge on any atom is 0.119 e. The van der Waals surface area contributed by atoms with Crippen molar-refractivity contribution in [1.29, 1.82) is 5.26 Å². The Kier molecular flexibility index (Phi) is 4.27. The molecule has 0 heterocycles. The van der Waals surface area contributed by atoms with Gasteiger partial charge in [0.05, 0.1) is 12.5 Å². The molecule has 0 fully saturated rings. The second-order valence-corrected chi connectivity index (χ2v) is 4.55. The lowest BCUT2D eigenvalue weighted by Gasteiger charge is -2.09. The van der Waals surface area contributed by atoms with E-state index in [1.807, 2.05) is 24.3 Å². The second-order valence-electron chi connectivity index (χ2n) is 4.11. The Balaban J connectivity index is 2.02. The summed E-state index contributed by atoms with van der Waals surface area (Å²) < 4.78 is 5.64. The molecular weight excluding hydrogens is 260 g/mol. The van der Waals surface area contributed by atoms with E-state index < -0.39 is 0 Å². The summed E-state index contributed by atoms with van der Waals surface area (Å²) in [4.78, 5) is 0. The van der Waals surface area contributed by atoms with Crippen molar-refractivity contribution in [3.63, 3.8) is 0 Å². The lowest BCUT2D eigenvalue weighted by Crippen LogP contribution is -2.00. The van der Waals surface area contributed by atoms with Crippen LogP contribution in [0.25, 0.3) is 0 Å². The van der Waals surface area contributed by atoms with Crippen LogP contribution in [0.1, 0.15) is 11.1 Å². The Bertz CT molecular complexity index is 603. The Morgan fingerprint density at radius 3 is 2.58 bits per heavy atom. The second kappa shape index (κ2) is 6.12. The zero-order chi connectivity index (χ0) is 13.7. The third-order valence-electron chi connectivity index (χ3n) is 2.71. The first-order valence-electron chi connectivity index (χ1n) is 5.81. The summed E-state index contributed by atoms with van der Waals surface area (Å²) in [7, 11) is 0. The molecular formula is C15H13ClN2O. The number of nitriles is 1. The Morgan fingerprint density at radius 2 is 1.89 bits per heavy atom. The first-order valence-corrected chi connectivity index (χ1v) is 6.19. The molecule has 0 amide bonds. The molecule has 0 saturated carbocycles. The number of nitrogens with two attached hydrogens (primary N) is 1. The van der Waals surface area contributed by atoms with Gasteiger partial charge in [-0.05, 0) is 35.9 Å². The summed E-state index contributed by atoms with van der Waals surface area (Å²) in [6, 6.07) is 14.8. The average Bonchev–Trinajstić information content (AvgIpc) is 2.42. The van der Waals surface area contributed by atoms with Crippen molar-refractivity contribution in [3.8, 4) is 11.8 Å². The molecule has 0 spiro atoms. The molecule has 0 saturated heterocycles. The van der Waals surface area contributed by atoms with Gasteiger partial charge in [-0.15, -0.1) is 0 Å². The fraction of sp³-hybridized carbons (Fsp3) is 0.133. The van der Waals surface area contributed by atoms with Crippen molar-refractivity contribution < 1.29 is 4.74 Å². The molecule has 0 aromatic heterocycles. The van der Waals surface area contributed by atoms with Gasteiger partial charge in [0.1, 0.15) is 12.4 Å². The van der Waals surface area contributed by atoms with E-state index in [2.05, 4.69) is 6.07 Å². The summed E-state index contributed by atoms with van der Waals surface area (Å²) in [5, 5.41) is 9.23. The summed E-state index contributed by atoms with van der Waals surface area (Å²) in [6.07, 6.45) is 0.404. The van der Waals surface area contributed by atoms with E-state index in [-0.39, 0.29) is 0 Å². The molecule has 2 N–H and O–H groups in total. The van der Waals surface area contributed by atoms with Crippen molar-refractivity contribution in [2.24, 2.45) is 0 Å². The van der Waals surface area contributed by atoms with Crippen LogP contribution in [0.4, 0.5) is 5.69 Å². The van der Waals surface area contributed by atoms with Gasteiger partial charge in [-0.1, -0.05) is 23.7 Å². The molecule has 0 radical (unpaired) electrons. The third-order valence-corrected chi connectivity index (χ3v) is 2.94. The molecule has 2 aromatic rings. The van der Waals surface area contributed by atoms with E-state index in [1.54, 1.807) is 18.2 Å². The van der Waals surface area contributed by atoms with Gasteiger partial charge in [0.25, 0.3) is 0 Å². The molecule has 0 unspecified atom stereocenters. The van der Waals surface area contributed by atoms with Gasteiger partial charge >= 0.3 is 0 Å². The van der Waals surface area contributed by atoms with Crippen molar-refractivity contribution >= 4 is 17.3 Å². The Morgan fingerprint density at radius 1 is 1.16 bits per heavy atom. The van der Waals surface area contributed by atoms with Crippen LogP contribution in [-0.4, -0.2) is 0 Å². The van der Waals surface area contributed by atoms with Crippen LogP contribution < -0.4 is 10.5 Å². The smallest absolute Gasteiger partial charge is 0.119 e. The van der Waals surface area contributed by atoms with E-state index in [4.69, 9.17) is 27.3 Å². The number of nitrogen functional groups attached to an aromatic ring is 1. The standard InChI is InChI=1S/C15H13ClN2O/c16-13-3-6-15(18)12(9-13)10-19-14-4-1-11(2-5-14)7-8-17/h1-6,9H,7,10,18H2. The molecule has 0 aliphatic heterocycles. The fourth-order valence-electron chi connectivity index (χ4n) is 1.66. The number of hydrogen-bond donors (Lipinski definition) is 1. The Labute approximate surface area is 117 Å². The average molecular weight is 273 g/mol. The molecule has 2 rings (SSSR count). The minimum Gasteiger partial charge on any atom is -0.489 e. The lowest BCUT2D eigenvalue weighted by atomic mass is 10.1. The molecule has 19 heavy (non-hydrogen) atoms. The first-order chi connectivity index (χ1) is 9.19. The summed E-state index contributed by atoms with van der Waals surface area (Å²) >= 11 is 5.91. The van der Waals surface area contributed by atoms with E-state index in [0.29, 0.717) is 23.7 Å². The highest BCUT2D eigenvalue weighted by Gasteiger charge is 2.02. The van der Waals surface area contributed by atoms with Gasteiger partial charge < -0.3 is 10.5 Å². The summed E-state index contributed by atoms with van der Waals surface area (Å²) in [5.41, 5.74) is 8.33. The number of rotatable bonds is 4. The highest BCUT2D eigenvalue weighted by atomic mass is 35.5. The highest BCUT2D eigenvalue weighted by molar-refractivity contribution is 6.30. The number of ether oxygens (including phenoxy) is 1. The third kappa shape index (κ3) is 3.64. The first kappa shape index (κ1) is 13.3. The van der Waals surface area contributed by atoms with Crippen LogP contribution >= 0.6 is 11.6 Å². The van der Waals surface area contributed by atoms with Crippen molar-refractivity contribution in [1.82, 2.24) is 0 Å². The van der Waals surface area contributed by atoms with Crippen LogP contribution in [0.2, 0.25) is 5.02 Å². The minimum absolute atomic E-state index is 0.365. The molecule has 96 valence electrons. The largest absolute Gasteiger partial charge is 0.489 e. The molecule has 2 aromatic carbocycles. The lowest BCUT2D eigenvalue weighted by molar-refractivity contribution is 0.307. The van der Waals surface area contributed by atoms with E-state index in [0.717, 1.165) is 16.9 Å². The van der Waals surface area contributed by atoms with Crippen LogP contribution in [0.5, 0.6) is 5.75 Å². The predicted molar refractivity (Wildman–Crippen MR) is 76.0 cm³/mol. The Hall–Kier alpha value is -2.18. The van der Waals surface area contributed by atoms with E-state index in [1.165, 1.54) is 0 Å². The van der Waals surface area contributed by atoms with Crippen LogP contribution in [-0.2, 0) is 13.0 Å². The quantitative estimate of drug-likeness (QED) is 0.866. The summed E-state index contributed by atoms with van der Waals surface area (Å²) in [5.74, 6) is 0.737. The molecule has 0 aliphatic carbocycles. The van der Waals surface area contributed by atoms with Crippen molar-refractivity contribution in [2.75, 3.05) is 5.73 Å². The number of halogens is 1. The summed E-state index contributed by atoms with van der Waals surface area (Å²) in [6.45, 7) is 0.365. The van der Waals surface area contributed by atoms with Gasteiger partial charge in [-0.2, -0.15) is 5.26 Å². The molecule has 0 atom stereocenters. The maximum atomic E-state index is 8.59. The van der Waals surface area contributed by atoms with Gasteiger partial charge in [-0.3, -0.25) is 0 Å². The van der Waals surface area contributed by atoms with Gasteiger partial charge in [0, 0.05) is 16.3 Å². The fourth-order valence-corrected chi connectivity index (χ4v) is 1.85. The van der Waals surface area contributed by atoms with Crippen LogP contribution in [0.3, 0.4) is 0 Å². The van der Waals surface area contributed by atoms with Gasteiger partial charge in [-0.25, -0.2) is 0 Å². The maximum absolute atomic E-state index is 8.59. The molecule has 0 aliphatic rings. The zero-order valence-corrected chi connectivity index (χ0v) is 11.0. The topological polar surface area (TPSA) is 59.0 Å². The predicted octanol–water partition coefficient (Wildman–Crippen LogP) is 3.57. The number of anilines is 1. The minimum atomic E-state index is 0.365. The number of hydrogen-bond acceptors (Lipinski definition) is 3. The van der Waals surface area contributed by atoms with Crippen LogP contribution in [0, 0.1) is 11.3 Å². The highest BCUT2D eigenvalue weighted by Crippen LogP contribution is 2.20. The monoisotopic (exact) mass is 272 g/mol. The van der Waals surface area contributed by atoms with Gasteiger partial charge in [0.15, 0.2) is 0 Å². The zero-order valence-electron chi connectivity index (χ0n) is 10.3. The molecule has 3 nitrogen and oxygen atoms in total. The normalized spacial score (nSPS) is 9.89. The van der Waals surface area contributed by atoms with E-state index in [9.17, 15) is 0 Å². The molecule has 4 heteroatoms. The molecule has 0 bridgehead atoms. The van der Waals surface area contributed by atoms with Gasteiger partial charge in [0.2, 0.25) is 0 Å². The SMILES string of the molecule is N#CCc1ccc(OCc2cc(Cl)ccc2N)cc1. The van der Waals surface area contributed by atoms with Crippen LogP contribution in [0.15, 0.2) is 42.5 Å². The van der Waals surface area contributed by atoms with Crippen molar-refractivity contribution in [2.45, 2.75) is 13.0 Å². The number of nitrogens with zero attached hydrogens (tertiary/aromatic N) is 1. The van der Waals surface area contributed by atoms with E-state index >= 15 is 0 Å².